The van der Waals surface area contributed by atoms with E-state index in [1.165, 1.54) is 7.11 Å². The highest BCUT2D eigenvalue weighted by Gasteiger charge is 2.22. The van der Waals surface area contributed by atoms with E-state index in [-0.39, 0.29) is 16.9 Å². The molecular formula is C13H20N2O3. The lowest BCUT2D eigenvalue weighted by molar-refractivity contribution is -0.384. The number of para-hydroxylation sites is 1. The maximum absolute atomic E-state index is 11.1. The Kier molecular flexibility index (Phi) is 4.53. The predicted octanol–water partition coefficient (Wildman–Crippen LogP) is 3.45. The third-order valence-electron chi connectivity index (χ3n) is 3.12. The Balaban J connectivity index is 2.99. The van der Waals surface area contributed by atoms with E-state index in [9.17, 15) is 10.1 Å². The maximum atomic E-state index is 11.1. The number of hydrogen-bond acceptors (Lipinski definition) is 4. The fourth-order valence-corrected chi connectivity index (χ4v) is 1.48. The zero-order valence-electron chi connectivity index (χ0n) is 11.3. The van der Waals surface area contributed by atoms with Crippen molar-refractivity contribution < 1.29 is 9.66 Å². The van der Waals surface area contributed by atoms with Gasteiger partial charge in [0.2, 0.25) is 0 Å². The Bertz CT molecular complexity index is 430. The molecule has 0 spiro atoms. The molecule has 5 heteroatoms. The minimum Gasteiger partial charge on any atom is -0.490 e. The summed E-state index contributed by atoms with van der Waals surface area (Å²) in [6.45, 7) is 7.01. The molecule has 1 rings (SSSR count). The number of nitro groups is 1. The van der Waals surface area contributed by atoms with Crippen molar-refractivity contribution in [1.29, 1.82) is 0 Å². The average molecular weight is 252 g/mol. The van der Waals surface area contributed by atoms with Crippen molar-refractivity contribution in [1.82, 2.24) is 0 Å². The smallest absolute Gasteiger partial charge is 0.333 e. The van der Waals surface area contributed by atoms with Crippen molar-refractivity contribution in [2.75, 3.05) is 19.0 Å². The Morgan fingerprint density at radius 2 is 2.11 bits per heavy atom. The van der Waals surface area contributed by atoms with Crippen LogP contribution in [0.5, 0.6) is 5.75 Å². The number of benzene rings is 1. The number of methoxy groups -OCH3 is 1. The second-order valence-electron chi connectivity index (χ2n) is 4.98. The van der Waals surface area contributed by atoms with Crippen molar-refractivity contribution in [2.45, 2.75) is 27.2 Å². The molecule has 0 heterocycles. The van der Waals surface area contributed by atoms with Crippen LogP contribution >= 0.6 is 0 Å². The van der Waals surface area contributed by atoms with Gasteiger partial charge in [0.05, 0.1) is 12.0 Å². The third kappa shape index (κ3) is 3.35. The minimum absolute atomic E-state index is 0.00750. The van der Waals surface area contributed by atoms with Crippen molar-refractivity contribution in [3.8, 4) is 5.75 Å². The summed E-state index contributed by atoms with van der Waals surface area (Å²) in [7, 11) is 1.43. The molecule has 100 valence electrons. The summed E-state index contributed by atoms with van der Waals surface area (Å²) in [5, 5.41) is 14.2. The average Bonchev–Trinajstić information content (AvgIpc) is 2.35. The highest BCUT2D eigenvalue weighted by Crippen LogP contribution is 2.35. The molecule has 5 nitrogen and oxygen atoms in total. The second-order valence-corrected chi connectivity index (χ2v) is 4.98. The number of ether oxygens (including phenoxy) is 1. The van der Waals surface area contributed by atoms with Gasteiger partial charge in [-0.05, 0) is 24.0 Å². The first-order valence-electron chi connectivity index (χ1n) is 5.96. The molecule has 0 aliphatic carbocycles. The van der Waals surface area contributed by atoms with Crippen LogP contribution in [0, 0.1) is 15.5 Å². The van der Waals surface area contributed by atoms with E-state index in [0.717, 1.165) is 6.42 Å². The predicted molar refractivity (Wildman–Crippen MR) is 72.2 cm³/mol. The molecule has 1 aromatic rings. The molecule has 0 amide bonds. The molecule has 0 saturated heterocycles. The lowest BCUT2D eigenvalue weighted by Crippen LogP contribution is -2.22. The number of anilines is 1. The van der Waals surface area contributed by atoms with E-state index < -0.39 is 4.92 Å². The van der Waals surface area contributed by atoms with Gasteiger partial charge in [-0.15, -0.1) is 0 Å². The molecule has 0 bridgehead atoms. The topological polar surface area (TPSA) is 64.4 Å². The lowest BCUT2D eigenvalue weighted by atomic mass is 9.90. The fourth-order valence-electron chi connectivity index (χ4n) is 1.48. The van der Waals surface area contributed by atoms with Gasteiger partial charge in [0.15, 0.2) is 5.75 Å². The highest BCUT2D eigenvalue weighted by molar-refractivity contribution is 5.68. The first-order chi connectivity index (χ1) is 8.41. The van der Waals surface area contributed by atoms with E-state index in [0.29, 0.717) is 12.2 Å². The molecule has 0 atom stereocenters. The first-order valence-corrected chi connectivity index (χ1v) is 5.96. The van der Waals surface area contributed by atoms with E-state index in [4.69, 9.17) is 4.74 Å². The van der Waals surface area contributed by atoms with Crippen LogP contribution in [0.15, 0.2) is 18.2 Å². The minimum atomic E-state index is -0.417. The van der Waals surface area contributed by atoms with E-state index in [1.807, 2.05) is 0 Å². The van der Waals surface area contributed by atoms with Crippen molar-refractivity contribution in [3.05, 3.63) is 28.3 Å². The summed E-state index contributed by atoms with van der Waals surface area (Å²) in [5.41, 5.74) is 0.588. The van der Waals surface area contributed by atoms with Gasteiger partial charge >= 0.3 is 5.69 Å². The van der Waals surface area contributed by atoms with Crippen molar-refractivity contribution >= 4 is 11.4 Å². The van der Waals surface area contributed by atoms with Crippen LogP contribution in [0.4, 0.5) is 11.4 Å². The van der Waals surface area contributed by atoms with Gasteiger partial charge in [-0.2, -0.15) is 0 Å². The molecule has 0 fully saturated rings. The standard InChI is InChI=1S/C13H20N2O3/c1-5-13(2,3)9-14-10-7-6-8-11(18-4)12(10)15(16)17/h6-8,14H,5,9H2,1-4H3. The van der Waals surface area contributed by atoms with Gasteiger partial charge in [-0.1, -0.05) is 26.8 Å². The highest BCUT2D eigenvalue weighted by atomic mass is 16.6. The number of nitro benzene ring substituents is 1. The molecule has 0 radical (unpaired) electrons. The monoisotopic (exact) mass is 252 g/mol. The van der Waals surface area contributed by atoms with Crippen LogP contribution in [-0.2, 0) is 0 Å². The summed E-state index contributed by atoms with van der Waals surface area (Å²) in [4.78, 5) is 10.7. The normalized spacial score (nSPS) is 11.1. The van der Waals surface area contributed by atoms with Crippen LogP contribution in [0.3, 0.4) is 0 Å². The molecule has 0 unspecified atom stereocenters. The summed E-state index contributed by atoms with van der Waals surface area (Å²) >= 11 is 0. The molecule has 0 aliphatic heterocycles. The molecule has 18 heavy (non-hydrogen) atoms. The van der Waals surface area contributed by atoms with Gasteiger partial charge in [0.25, 0.3) is 0 Å². The summed E-state index contributed by atoms with van der Waals surface area (Å²) in [5.74, 6) is 0.277. The van der Waals surface area contributed by atoms with Crippen LogP contribution in [0.2, 0.25) is 0 Å². The lowest BCUT2D eigenvalue weighted by Gasteiger charge is -2.23. The van der Waals surface area contributed by atoms with E-state index in [1.54, 1.807) is 18.2 Å². The van der Waals surface area contributed by atoms with E-state index in [2.05, 4.69) is 26.1 Å². The second kappa shape index (κ2) is 5.71. The van der Waals surface area contributed by atoms with Gasteiger partial charge in [0.1, 0.15) is 5.69 Å². The maximum Gasteiger partial charge on any atom is 0.333 e. The number of nitrogens with one attached hydrogen (secondary N) is 1. The molecule has 0 aromatic heterocycles. The van der Waals surface area contributed by atoms with Gasteiger partial charge in [-0.25, -0.2) is 0 Å². The molecule has 1 N–H and O–H groups in total. The molecular weight excluding hydrogens is 232 g/mol. The third-order valence-corrected chi connectivity index (χ3v) is 3.12. The number of nitrogens with zero attached hydrogens (tertiary/aromatic N) is 1. The zero-order valence-corrected chi connectivity index (χ0v) is 11.3. The molecule has 0 aliphatic rings. The Morgan fingerprint density at radius 3 is 2.61 bits per heavy atom. The number of rotatable bonds is 6. The largest absolute Gasteiger partial charge is 0.490 e. The zero-order chi connectivity index (χ0) is 13.8. The van der Waals surface area contributed by atoms with Gasteiger partial charge in [-0.3, -0.25) is 10.1 Å². The van der Waals surface area contributed by atoms with E-state index >= 15 is 0 Å². The van der Waals surface area contributed by atoms with Gasteiger partial charge < -0.3 is 10.1 Å². The summed E-state index contributed by atoms with van der Waals surface area (Å²) in [6.07, 6.45) is 0.998. The summed E-state index contributed by atoms with van der Waals surface area (Å²) in [6, 6.07) is 5.04. The first kappa shape index (κ1) is 14.3. The van der Waals surface area contributed by atoms with Gasteiger partial charge in [0, 0.05) is 6.54 Å². The van der Waals surface area contributed by atoms with Crippen LogP contribution in [0.1, 0.15) is 27.2 Å². The molecule has 0 saturated carbocycles. The number of hydrogen-bond donors (Lipinski definition) is 1. The van der Waals surface area contributed by atoms with Crippen LogP contribution in [0.25, 0.3) is 0 Å². The van der Waals surface area contributed by atoms with Crippen molar-refractivity contribution in [3.63, 3.8) is 0 Å². The quantitative estimate of drug-likeness (QED) is 0.622. The molecule has 1 aromatic carbocycles. The van der Waals surface area contributed by atoms with Crippen LogP contribution < -0.4 is 10.1 Å². The SMILES string of the molecule is CCC(C)(C)CNc1cccc(OC)c1[N+](=O)[O-]. The Labute approximate surface area is 107 Å². The Hall–Kier alpha value is -1.78. The summed E-state index contributed by atoms with van der Waals surface area (Å²) < 4.78 is 5.02. The fraction of sp³-hybridized carbons (Fsp3) is 0.538. The van der Waals surface area contributed by atoms with Crippen LogP contribution in [-0.4, -0.2) is 18.6 Å². The Morgan fingerprint density at radius 1 is 1.44 bits per heavy atom. The van der Waals surface area contributed by atoms with Crippen molar-refractivity contribution in [2.24, 2.45) is 5.41 Å².